The number of hydrogen-bond donors (Lipinski definition) is 1. The van der Waals surface area contributed by atoms with Gasteiger partial charge in [0.1, 0.15) is 0 Å². The summed E-state index contributed by atoms with van der Waals surface area (Å²) < 4.78 is 31.4. The Morgan fingerprint density at radius 1 is 1.04 bits per heavy atom. The molecule has 2 aromatic rings. The van der Waals surface area contributed by atoms with E-state index in [1.165, 1.54) is 31.3 Å². The number of anilines is 1. The summed E-state index contributed by atoms with van der Waals surface area (Å²) in [6.45, 7) is 3.73. The summed E-state index contributed by atoms with van der Waals surface area (Å²) >= 11 is 0. The molecule has 1 amide bonds. The van der Waals surface area contributed by atoms with E-state index in [0.29, 0.717) is 12.2 Å². The molecule has 0 saturated heterocycles. The van der Waals surface area contributed by atoms with E-state index in [4.69, 9.17) is 4.74 Å². The fourth-order valence-corrected chi connectivity index (χ4v) is 3.47. The minimum absolute atomic E-state index is 0.182. The molecule has 2 rings (SSSR count). The van der Waals surface area contributed by atoms with Gasteiger partial charge in [-0.15, -0.1) is 0 Å². The van der Waals surface area contributed by atoms with Gasteiger partial charge in [-0.25, -0.2) is 13.2 Å². The van der Waals surface area contributed by atoms with Gasteiger partial charge in [-0.05, 0) is 50.2 Å². The number of nitrogens with zero attached hydrogens (tertiary/aromatic N) is 1. The predicted octanol–water partition coefficient (Wildman–Crippen LogP) is 2.11. The number of rotatable bonds is 7. The number of carbonyl (C=O) groups excluding carboxylic acids is 2. The second-order valence-corrected chi connectivity index (χ2v) is 7.83. The molecule has 0 bridgehead atoms. The number of benzene rings is 2. The lowest BCUT2D eigenvalue weighted by atomic mass is 10.2. The molecule has 1 N–H and O–H groups in total. The molecule has 0 atom stereocenters. The first-order chi connectivity index (χ1) is 12.8. The minimum atomic E-state index is -3.71. The fraction of sp³-hybridized carbons (Fsp3) is 0.263. The number of esters is 1. The van der Waals surface area contributed by atoms with Crippen molar-refractivity contribution in [1.82, 2.24) is 5.32 Å². The van der Waals surface area contributed by atoms with Crippen molar-refractivity contribution >= 4 is 27.6 Å². The topological polar surface area (TPSA) is 92.8 Å². The molecule has 0 aliphatic heterocycles. The number of likely N-dealkylation sites (N-methyl/N-ethyl adjacent to an activating group) is 1. The second kappa shape index (κ2) is 8.68. The van der Waals surface area contributed by atoms with Gasteiger partial charge in [0.25, 0.3) is 15.9 Å². The third-order valence-corrected chi connectivity index (χ3v) is 5.65. The Hall–Kier alpha value is -2.87. The highest BCUT2D eigenvalue weighted by Gasteiger charge is 2.21. The zero-order valence-electron chi connectivity index (χ0n) is 15.4. The Labute approximate surface area is 159 Å². The third kappa shape index (κ3) is 5.07. The Bertz CT molecular complexity index is 906. The molecular formula is C19H22N2O5S. The summed E-state index contributed by atoms with van der Waals surface area (Å²) in [6, 6.07) is 12.5. The van der Waals surface area contributed by atoms with E-state index in [0.717, 1.165) is 9.87 Å². The van der Waals surface area contributed by atoms with Crippen LogP contribution < -0.4 is 9.62 Å². The Balaban J connectivity index is 2.10. The summed E-state index contributed by atoms with van der Waals surface area (Å²) in [7, 11) is -2.26. The Kier molecular flexibility index (Phi) is 6.57. The highest BCUT2D eigenvalue weighted by Crippen LogP contribution is 2.22. The van der Waals surface area contributed by atoms with Crippen LogP contribution in [-0.2, 0) is 19.6 Å². The molecule has 0 radical (unpaired) electrons. The van der Waals surface area contributed by atoms with Crippen LogP contribution in [0.4, 0.5) is 5.69 Å². The van der Waals surface area contributed by atoms with Crippen molar-refractivity contribution in [2.45, 2.75) is 18.7 Å². The van der Waals surface area contributed by atoms with Gasteiger partial charge in [0.15, 0.2) is 6.61 Å². The van der Waals surface area contributed by atoms with Gasteiger partial charge in [-0.1, -0.05) is 17.7 Å². The number of carbonyl (C=O) groups is 2. The second-order valence-electron chi connectivity index (χ2n) is 5.86. The molecule has 0 heterocycles. The molecule has 144 valence electrons. The summed E-state index contributed by atoms with van der Waals surface area (Å²) in [5, 5.41) is 2.52. The maximum Gasteiger partial charge on any atom is 0.338 e. The average molecular weight is 390 g/mol. The number of aryl methyl sites for hydroxylation is 1. The lowest BCUT2D eigenvalue weighted by Crippen LogP contribution is -2.28. The lowest BCUT2D eigenvalue weighted by molar-refractivity contribution is -0.124. The summed E-state index contributed by atoms with van der Waals surface area (Å²) in [5.41, 5.74) is 1.59. The van der Waals surface area contributed by atoms with Crippen LogP contribution in [0.2, 0.25) is 0 Å². The summed E-state index contributed by atoms with van der Waals surface area (Å²) in [5.74, 6) is -1.04. The minimum Gasteiger partial charge on any atom is -0.452 e. The largest absolute Gasteiger partial charge is 0.452 e. The molecule has 27 heavy (non-hydrogen) atoms. The molecular weight excluding hydrogens is 368 g/mol. The van der Waals surface area contributed by atoms with Crippen molar-refractivity contribution in [1.29, 1.82) is 0 Å². The highest BCUT2D eigenvalue weighted by atomic mass is 32.2. The quantitative estimate of drug-likeness (QED) is 0.731. The molecule has 0 saturated carbocycles. The van der Waals surface area contributed by atoms with Crippen molar-refractivity contribution in [3.05, 3.63) is 59.7 Å². The number of amides is 1. The van der Waals surface area contributed by atoms with Crippen molar-refractivity contribution in [2.75, 3.05) is 24.5 Å². The maximum atomic E-state index is 12.7. The summed E-state index contributed by atoms with van der Waals surface area (Å²) in [6.07, 6.45) is 0. The molecule has 0 fully saturated rings. The highest BCUT2D eigenvalue weighted by molar-refractivity contribution is 7.92. The van der Waals surface area contributed by atoms with Crippen LogP contribution in [-0.4, -0.2) is 40.5 Å². The van der Waals surface area contributed by atoms with E-state index in [1.54, 1.807) is 31.2 Å². The van der Waals surface area contributed by atoms with Gasteiger partial charge in [0, 0.05) is 13.6 Å². The zero-order chi connectivity index (χ0) is 20.0. The van der Waals surface area contributed by atoms with E-state index >= 15 is 0 Å². The monoisotopic (exact) mass is 390 g/mol. The molecule has 0 aliphatic carbocycles. The first-order valence-corrected chi connectivity index (χ1v) is 9.79. The van der Waals surface area contributed by atoms with Gasteiger partial charge in [-0.3, -0.25) is 9.10 Å². The van der Waals surface area contributed by atoms with Crippen LogP contribution >= 0.6 is 0 Å². The predicted molar refractivity (Wildman–Crippen MR) is 102 cm³/mol. The number of sulfonamides is 1. The smallest absolute Gasteiger partial charge is 0.338 e. The SMILES string of the molecule is CCNC(=O)COC(=O)c1ccc(N(C)S(=O)(=O)c2ccc(C)cc2)cc1. The van der Waals surface area contributed by atoms with E-state index in [9.17, 15) is 18.0 Å². The van der Waals surface area contributed by atoms with Gasteiger partial charge >= 0.3 is 5.97 Å². The van der Waals surface area contributed by atoms with Gasteiger partial charge in [0.05, 0.1) is 16.1 Å². The molecule has 0 unspecified atom stereocenters. The zero-order valence-corrected chi connectivity index (χ0v) is 16.2. The van der Waals surface area contributed by atoms with Crippen LogP contribution in [0.25, 0.3) is 0 Å². The van der Waals surface area contributed by atoms with Crippen LogP contribution in [0, 0.1) is 6.92 Å². The molecule has 0 aromatic heterocycles. The average Bonchev–Trinajstić information content (AvgIpc) is 2.66. The van der Waals surface area contributed by atoms with Crippen LogP contribution in [0.1, 0.15) is 22.8 Å². The van der Waals surface area contributed by atoms with Crippen molar-refractivity contribution < 1.29 is 22.7 Å². The Morgan fingerprint density at radius 2 is 1.63 bits per heavy atom. The molecule has 0 spiro atoms. The summed E-state index contributed by atoms with van der Waals surface area (Å²) in [4.78, 5) is 23.5. The van der Waals surface area contributed by atoms with E-state index < -0.39 is 16.0 Å². The number of nitrogens with one attached hydrogen (secondary N) is 1. The van der Waals surface area contributed by atoms with E-state index in [2.05, 4.69) is 5.32 Å². The standard InChI is InChI=1S/C19H22N2O5S/c1-4-20-18(22)13-26-19(23)15-7-9-16(10-8-15)21(3)27(24,25)17-11-5-14(2)6-12-17/h5-12H,4,13H2,1-3H3,(H,20,22). The van der Waals surface area contributed by atoms with Gasteiger partial charge in [-0.2, -0.15) is 0 Å². The van der Waals surface area contributed by atoms with Gasteiger partial charge < -0.3 is 10.1 Å². The van der Waals surface area contributed by atoms with Gasteiger partial charge in [0.2, 0.25) is 0 Å². The van der Waals surface area contributed by atoms with Crippen LogP contribution in [0.15, 0.2) is 53.4 Å². The fourth-order valence-electron chi connectivity index (χ4n) is 2.28. The van der Waals surface area contributed by atoms with Crippen molar-refractivity contribution in [2.24, 2.45) is 0 Å². The van der Waals surface area contributed by atoms with Crippen LogP contribution in [0.5, 0.6) is 0 Å². The maximum absolute atomic E-state index is 12.7. The molecule has 8 heteroatoms. The molecule has 0 aliphatic rings. The van der Waals surface area contributed by atoms with Crippen LogP contribution in [0.3, 0.4) is 0 Å². The lowest BCUT2D eigenvalue weighted by Gasteiger charge is -2.19. The first-order valence-electron chi connectivity index (χ1n) is 8.35. The molecule has 7 nitrogen and oxygen atoms in total. The molecule has 2 aromatic carbocycles. The normalized spacial score (nSPS) is 10.9. The van der Waals surface area contributed by atoms with E-state index in [1.807, 2.05) is 6.92 Å². The number of hydrogen-bond acceptors (Lipinski definition) is 5. The van der Waals surface area contributed by atoms with Crippen molar-refractivity contribution in [3.8, 4) is 0 Å². The third-order valence-electron chi connectivity index (χ3n) is 3.85. The van der Waals surface area contributed by atoms with Crippen molar-refractivity contribution in [3.63, 3.8) is 0 Å². The first kappa shape index (κ1) is 20.4. The number of ether oxygens (including phenoxy) is 1. The Morgan fingerprint density at radius 3 is 2.19 bits per heavy atom. The van der Waals surface area contributed by atoms with E-state index in [-0.39, 0.29) is 23.0 Å².